The maximum Gasteiger partial charge on any atom is 0.102 e. The lowest BCUT2D eigenvalue weighted by Crippen LogP contribution is -1.89. The standard InChI is InChI=1S/C14H11ClN2/c1-17-12-9-5-8-11(15)13(12)14(16-17)10-6-3-2-4-7-10/h2-9H,1H3. The molecule has 3 aromatic rings. The fraction of sp³-hybridized carbons (Fsp3) is 0.0714. The number of aromatic nitrogens is 2. The first-order valence-corrected chi connectivity index (χ1v) is 5.82. The van der Waals surface area contributed by atoms with Crippen LogP contribution in [0, 0.1) is 0 Å². The first kappa shape index (κ1) is 10.4. The van der Waals surface area contributed by atoms with Crippen molar-refractivity contribution < 1.29 is 0 Å². The molecule has 0 amide bonds. The van der Waals surface area contributed by atoms with Crippen molar-refractivity contribution in [3.63, 3.8) is 0 Å². The fourth-order valence-electron chi connectivity index (χ4n) is 2.07. The van der Waals surface area contributed by atoms with Gasteiger partial charge in [0.05, 0.1) is 10.5 Å². The molecular weight excluding hydrogens is 232 g/mol. The van der Waals surface area contributed by atoms with Gasteiger partial charge in [0, 0.05) is 18.0 Å². The van der Waals surface area contributed by atoms with Crippen LogP contribution in [0.1, 0.15) is 0 Å². The van der Waals surface area contributed by atoms with Crippen molar-refractivity contribution in [3.8, 4) is 11.3 Å². The highest BCUT2D eigenvalue weighted by Gasteiger charge is 2.12. The summed E-state index contributed by atoms with van der Waals surface area (Å²) in [6.07, 6.45) is 0. The highest BCUT2D eigenvalue weighted by molar-refractivity contribution is 6.36. The summed E-state index contributed by atoms with van der Waals surface area (Å²) >= 11 is 6.27. The van der Waals surface area contributed by atoms with Crippen LogP contribution in [-0.4, -0.2) is 9.78 Å². The lowest BCUT2D eigenvalue weighted by atomic mass is 10.1. The van der Waals surface area contributed by atoms with Crippen molar-refractivity contribution in [1.29, 1.82) is 0 Å². The van der Waals surface area contributed by atoms with Gasteiger partial charge in [0.1, 0.15) is 5.69 Å². The maximum absolute atomic E-state index is 6.27. The molecule has 2 aromatic carbocycles. The van der Waals surface area contributed by atoms with E-state index in [-0.39, 0.29) is 0 Å². The minimum Gasteiger partial charge on any atom is -0.267 e. The summed E-state index contributed by atoms with van der Waals surface area (Å²) in [6, 6.07) is 16.0. The van der Waals surface area contributed by atoms with Gasteiger partial charge < -0.3 is 0 Å². The average Bonchev–Trinajstić information content (AvgIpc) is 2.70. The molecule has 2 nitrogen and oxygen atoms in total. The lowest BCUT2D eigenvalue weighted by molar-refractivity contribution is 0.800. The molecule has 3 heteroatoms. The first-order valence-electron chi connectivity index (χ1n) is 5.44. The Labute approximate surface area is 104 Å². The van der Waals surface area contributed by atoms with Crippen LogP contribution in [0.4, 0.5) is 0 Å². The molecule has 84 valence electrons. The normalized spacial score (nSPS) is 10.9. The Morgan fingerprint density at radius 1 is 1.00 bits per heavy atom. The third kappa shape index (κ3) is 1.61. The SMILES string of the molecule is Cn1nc(-c2ccccc2)c2c(Cl)cccc21. The topological polar surface area (TPSA) is 17.8 Å². The molecule has 17 heavy (non-hydrogen) atoms. The Hall–Kier alpha value is -1.80. The van der Waals surface area contributed by atoms with E-state index in [2.05, 4.69) is 5.10 Å². The zero-order valence-electron chi connectivity index (χ0n) is 9.39. The highest BCUT2D eigenvalue weighted by Crippen LogP contribution is 2.32. The van der Waals surface area contributed by atoms with Gasteiger partial charge in [-0.3, -0.25) is 4.68 Å². The van der Waals surface area contributed by atoms with Gasteiger partial charge in [0.25, 0.3) is 0 Å². The molecule has 0 aliphatic rings. The number of aryl methyl sites for hydroxylation is 1. The monoisotopic (exact) mass is 242 g/mol. The van der Waals surface area contributed by atoms with Crippen molar-refractivity contribution in [3.05, 3.63) is 53.6 Å². The summed E-state index contributed by atoms with van der Waals surface area (Å²) in [5.41, 5.74) is 3.08. The van der Waals surface area contributed by atoms with E-state index < -0.39 is 0 Å². The fourth-order valence-corrected chi connectivity index (χ4v) is 2.33. The molecule has 3 rings (SSSR count). The molecule has 0 radical (unpaired) electrons. The van der Waals surface area contributed by atoms with Gasteiger partial charge in [-0.2, -0.15) is 5.10 Å². The Morgan fingerprint density at radius 2 is 1.76 bits per heavy atom. The molecule has 1 heterocycles. The van der Waals surface area contributed by atoms with E-state index in [0.717, 1.165) is 27.2 Å². The molecule has 0 saturated heterocycles. The van der Waals surface area contributed by atoms with Gasteiger partial charge in [0.2, 0.25) is 0 Å². The van der Waals surface area contributed by atoms with Crippen LogP contribution in [-0.2, 0) is 7.05 Å². The summed E-state index contributed by atoms with van der Waals surface area (Å²) in [5, 5.41) is 6.31. The molecule has 0 unspecified atom stereocenters. The van der Waals surface area contributed by atoms with Crippen LogP contribution in [0.25, 0.3) is 22.2 Å². The minimum absolute atomic E-state index is 0.745. The molecule has 0 spiro atoms. The van der Waals surface area contributed by atoms with Crippen molar-refractivity contribution in [1.82, 2.24) is 9.78 Å². The van der Waals surface area contributed by atoms with Gasteiger partial charge in [-0.1, -0.05) is 48.0 Å². The van der Waals surface area contributed by atoms with Crippen LogP contribution < -0.4 is 0 Å². The molecule has 0 atom stereocenters. The van der Waals surface area contributed by atoms with E-state index in [4.69, 9.17) is 11.6 Å². The van der Waals surface area contributed by atoms with Gasteiger partial charge in [-0.05, 0) is 12.1 Å². The second-order valence-corrected chi connectivity index (χ2v) is 4.38. The number of fused-ring (bicyclic) bond motifs is 1. The van der Waals surface area contributed by atoms with E-state index >= 15 is 0 Å². The highest BCUT2D eigenvalue weighted by atomic mass is 35.5. The summed E-state index contributed by atoms with van der Waals surface area (Å²) < 4.78 is 1.86. The number of nitrogens with zero attached hydrogens (tertiary/aromatic N) is 2. The van der Waals surface area contributed by atoms with Gasteiger partial charge in [-0.15, -0.1) is 0 Å². The quantitative estimate of drug-likeness (QED) is 0.633. The number of halogens is 1. The van der Waals surface area contributed by atoms with E-state index in [9.17, 15) is 0 Å². The average molecular weight is 243 g/mol. The zero-order valence-corrected chi connectivity index (χ0v) is 10.1. The van der Waals surface area contributed by atoms with Crippen molar-refractivity contribution in [2.45, 2.75) is 0 Å². The predicted octanol–water partition coefficient (Wildman–Crippen LogP) is 3.89. The Bertz CT molecular complexity index is 671. The van der Waals surface area contributed by atoms with Gasteiger partial charge in [-0.25, -0.2) is 0 Å². The molecule has 0 N–H and O–H groups in total. The lowest BCUT2D eigenvalue weighted by Gasteiger charge is -1.98. The zero-order chi connectivity index (χ0) is 11.8. The van der Waals surface area contributed by atoms with Crippen LogP contribution >= 0.6 is 11.6 Å². The van der Waals surface area contributed by atoms with Crippen LogP contribution in [0.5, 0.6) is 0 Å². The predicted molar refractivity (Wildman–Crippen MR) is 71.2 cm³/mol. The molecule has 0 saturated carbocycles. The van der Waals surface area contributed by atoms with Crippen molar-refractivity contribution in [2.24, 2.45) is 7.05 Å². The number of benzene rings is 2. The van der Waals surface area contributed by atoms with Crippen LogP contribution in [0.3, 0.4) is 0 Å². The molecule has 0 bridgehead atoms. The van der Waals surface area contributed by atoms with Crippen molar-refractivity contribution >= 4 is 22.5 Å². The largest absolute Gasteiger partial charge is 0.267 e. The number of rotatable bonds is 1. The van der Waals surface area contributed by atoms with Crippen LogP contribution in [0.2, 0.25) is 5.02 Å². The number of hydrogen-bond donors (Lipinski definition) is 0. The van der Waals surface area contributed by atoms with E-state index in [0.29, 0.717) is 0 Å². The summed E-state index contributed by atoms with van der Waals surface area (Å²) in [6.45, 7) is 0. The smallest absolute Gasteiger partial charge is 0.102 e. The van der Waals surface area contributed by atoms with E-state index in [1.54, 1.807) is 0 Å². The Kier molecular flexibility index (Phi) is 2.37. The Balaban J connectivity index is 2.38. The molecule has 0 aliphatic heterocycles. The van der Waals surface area contributed by atoms with E-state index in [1.165, 1.54) is 0 Å². The molecule has 0 aliphatic carbocycles. The second-order valence-electron chi connectivity index (χ2n) is 3.97. The molecule has 0 fully saturated rings. The summed E-state index contributed by atoms with van der Waals surface area (Å²) in [7, 11) is 1.94. The van der Waals surface area contributed by atoms with Gasteiger partial charge >= 0.3 is 0 Å². The third-order valence-electron chi connectivity index (χ3n) is 2.87. The summed E-state index contributed by atoms with van der Waals surface area (Å²) in [4.78, 5) is 0. The first-order chi connectivity index (χ1) is 8.27. The van der Waals surface area contributed by atoms with Crippen LogP contribution in [0.15, 0.2) is 48.5 Å². The third-order valence-corrected chi connectivity index (χ3v) is 3.19. The Morgan fingerprint density at radius 3 is 2.53 bits per heavy atom. The molecular formula is C14H11ClN2. The maximum atomic E-state index is 6.27. The molecule has 1 aromatic heterocycles. The van der Waals surface area contributed by atoms with Crippen molar-refractivity contribution in [2.75, 3.05) is 0 Å². The summed E-state index contributed by atoms with van der Waals surface area (Å²) in [5.74, 6) is 0. The second kappa shape index (κ2) is 3.90. The van der Waals surface area contributed by atoms with E-state index in [1.807, 2.05) is 60.3 Å². The number of hydrogen-bond acceptors (Lipinski definition) is 1. The minimum atomic E-state index is 0.745. The van der Waals surface area contributed by atoms with Gasteiger partial charge in [0.15, 0.2) is 0 Å².